The summed E-state index contributed by atoms with van der Waals surface area (Å²) in [6.07, 6.45) is 6.28. The van der Waals surface area contributed by atoms with Gasteiger partial charge in [0, 0.05) is 18.7 Å². The molecule has 1 aliphatic heterocycles. The molecular formula is C24H47N3O4. The van der Waals surface area contributed by atoms with E-state index in [1.54, 1.807) is 13.1 Å². The highest BCUT2D eigenvalue weighted by atomic mass is 16.4. The summed E-state index contributed by atoms with van der Waals surface area (Å²) in [5.41, 5.74) is 0.191. The molecule has 0 aliphatic carbocycles. The summed E-state index contributed by atoms with van der Waals surface area (Å²) < 4.78 is 0. The average molecular weight is 442 g/mol. The third kappa shape index (κ3) is 16.5. The van der Waals surface area contributed by atoms with Gasteiger partial charge in [-0.2, -0.15) is 0 Å². The van der Waals surface area contributed by atoms with Crippen molar-refractivity contribution in [1.29, 1.82) is 0 Å². The molecule has 0 aromatic rings. The van der Waals surface area contributed by atoms with E-state index in [1.807, 2.05) is 13.8 Å². The maximum Gasteiger partial charge on any atom is 0.331 e. The Labute approximate surface area is 190 Å². The van der Waals surface area contributed by atoms with Crippen molar-refractivity contribution >= 4 is 18.3 Å². The van der Waals surface area contributed by atoms with Gasteiger partial charge >= 0.3 is 5.97 Å². The maximum absolute atomic E-state index is 11.7. The zero-order valence-corrected chi connectivity index (χ0v) is 21.3. The molecule has 0 aromatic heterocycles. The Kier molecular flexibility index (Phi) is 17.9. The number of carboxylic acids is 1. The van der Waals surface area contributed by atoms with Crippen LogP contribution in [0.4, 0.5) is 0 Å². The van der Waals surface area contributed by atoms with Crippen LogP contribution in [0.2, 0.25) is 0 Å². The van der Waals surface area contributed by atoms with Gasteiger partial charge in [-0.25, -0.2) is 4.79 Å². The lowest BCUT2D eigenvalue weighted by Crippen LogP contribution is -2.43. The SMILES string of the molecule is C/C(=C\[C@H](C(C)C)N(C)C(=O)CNC=O)C(=O)O.CC(C)C.CC(C)N1CCCCC1. The third-order valence-electron chi connectivity index (χ3n) is 4.74. The van der Waals surface area contributed by atoms with E-state index < -0.39 is 5.97 Å². The maximum atomic E-state index is 11.7. The molecule has 31 heavy (non-hydrogen) atoms. The van der Waals surface area contributed by atoms with E-state index in [-0.39, 0.29) is 30.0 Å². The molecule has 0 radical (unpaired) electrons. The van der Waals surface area contributed by atoms with Gasteiger partial charge in [-0.3, -0.25) is 9.59 Å². The van der Waals surface area contributed by atoms with Gasteiger partial charge in [0.2, 0.25) is 12.3 Å². The number of carbonyl (C=O) groups excluding carboxylic acids is 2. The lowest BCUT2D eigenvalue weighted by molar-refractivity contribution is -0.133. The van der Waals surface area contributed by atoms with E-state index in [9.17, 15) is 14.4 Å². The zero-order valence-electron chi connectivity index (χ0n) is 21.3. The van der Waals surface area contributed by atoms with Crippen LogP contribution in [-0.2, 0) is 14.4 Å². The van der Waals surface area contributed by atoms with Gasteiger partial charge in [-0.1, -0.05) is 47.1 Å². The number of likely N-dealkylation sites (tertiary alicyclic amines) is 1. The minimum absolute atomic E-state index is 0.0736. The van der Waals surface area contributed by atoms with Crippen LogP contribution in [-0.4, -0.2) is 72.0 Å². The van der Waals surface area contributed by atoms with Crippen LogP contribution in [0.3, 0.4) is 0 Å². The second-order valence-corrected chi connectivity index (χ2v) is 9.32. The van der Waals surface area contributed by atoms with Crippen LogP contribution < -0.4 is 5.32 Å². The normalized spacial score (nSPS) is 15.4. The van der Waals surface area contributed by atoms with Crippen molar-refractivity contribution in [3.8, 4) is 0 Å². The van der Waals surface area contributed by atoms with E-state index in [0.717, 1.165) is 12.0 Å². The number of aliphatic carboxylic acids is 1. The molecule has 2 amide bonds. The number of carboxylic acid groups (broad SMARTS) is 1. The fourth-order valence-corrected chi connectivity index (χ4v) is 2.93. The number of rotatable bonds is 8. The highest BCUT2D eigenvalue weighted by Gasteiger charge is 2.21. The third-order valence-corrected chi connectivity index (χ3v) is 4.74. The smallest absolute Gasteiger partial charge is 0.331 e. The summed E-state index contributed by atoms with van der Waals surface area (Å²) in [7, 11) is 1.59. The number of nitrogens with one attached hydrogen (secondary N) is 1. The topological polar surface area (TPSA) is 90.0 Å². The Morgan fingerprint density at radius 2 is 1.52 bits per heavy atom. The van der Waals surface area contributed by atoms with Gasteiger partial charge in [0.15, 0.2) is 0 Å². The van der Waals surface area contributed by atoms with Crippen LogP contribution in [0.15, 0.2) is 11.6 Å². The number of carbonyl (C=O) groups is 3. The molecule has 7 heteroatoms. The fourth-order valence-electron chi connectivity index (χ4n) is 2.93. The Hall–Kier alpha value is -1.89. The van der Waals surface area contributed by atoms with Gasteiger partial charge in [-0.15, -0.1) is 0 Å². The highest BCUT2D eigenvalue weighted by molar-refractivity contribution is 5.86. The van der Waals surface area contributed by atoms with Crippen molar-refractivity contribution in [2.75, 3.05) is 26.7 Å². The van der Waals surface area contributed by atoms with Crippen molar-refractivity contribution in [2.45, 2.75) is 86.7 Å². The zero-order chi connectivity index (χ0) is 24.6. The number of nitrogens with zero attached hydrogens (tertiary/aromatic N) is 2. The van der Waals surface area contributed by atoms with Crippen molar-refractivity contribution < 1.29 is 19.5 Å². The van der Waals surface area contributed by atoms with Crippen LogP contribution in [0.5, 0.6) is 0 Å². The molecule has 1 saturated heterocycles. The molecule has 1 heterocycles. The Morgan fingerprint density at radius 3 is 1.84 bits per heavy atom. The van der Waals surface area contributed by atoms with E-state index in [0.29, 0.717) is 6.41 Å². The van der Waals surface area contributed by atoms with Crippen LogP contribution in [0, 0.1) is 11.8 Å². The first-order valence-electron chi connectivity index (χ1n) is 11.4. The van der Waals surface area contributed by atoms with Crippen molar-refractivity contribution in [1.82, 2.24) is 15.1 Å². The van der Waals surface area contributed by atoms with Crippen molar-refractivity contribution in [2.24, 2.45) is 11.8 Å². The largest absolute Gasteiger partial charge is 0.478 e. The Morgan fingerprint density at radius 1 is 1.03 bits per heavy atom. The number of amides is 2. The van der Waals surface area contributed by atoms with E-state index in [1.165, 1.54) is 44.2 Å². The second kappa shape index (κ2) is 17.8. The summed E-state index contributed by atoms with van der Waals surface area (Å²) in [5, 5.41) is 11.1. The molecule has 1 fully saturated rings. The number of hydrogen-bond acceptors (Lipinski definition) is 4. The molecule has 182 valence electrons. The Balaban J connectivity index is 0. The molecule has 0 aromatic carbocycles. The molecule has 0 bridgehead atoms. The minimum Gasteiger partial charge on any atom is -0.478 e. The molecule has 1 atom stereocenters. The number of hydrogen-bond donors (Lipinski definition) is 2. The molecule has 2 N–H and O–H groups in total. The van der Waals surface area contributed by atoms with Crippen molar-refractivity contribution in [3.63, 3.8) is 0 Å². The molecule has 0 saturated carbocycles. The fraction of sp³-hybridized carbons (Fsp3) is 0.792. The van der Waals surface area contributed by atoms with Gasteiger partial charge < -0.3 is 20.2 Å². The predicted molar refractivity (Wildman–Crippen MR) is 128 cm³/mol. The first-order chi connectivity index (χ1) is 14.3. The molecule has 0 spiro atoms. The van der Waals surface area contributed by atoms with Gasteiger partial charge in [0.25, 0.3) is 0 Å². The minimum atomic E-state index is -1.01. The molecule has 0 unspecified atom stereocenters. The van der Waals surface area contributed by atoms with E-state index >= 15 is 0 Å². The van der Waals surface area contributed by atoms with E-state index in [2.05, 4.69) is 44.8 Å². The average Bonchev–Trinajstić information content (AvgIpc) is 2.69. The van der Waals surface area contributed by atoms with E-state index in [4.69, 9.17) is 5.11 Å². The Bertz CT molecular complexity index is 536. The quantitative estimate of drug-likeness (QED) is 0.442. The molecular weight excluding hydrogens is 394 g/mol. The van der Waals surface area contributed by atoms with Crippen LogP contribution >= 0.6 is 0 Å². The number of likely N-dealkylation sites (N-methyl/N-ethyl adjacent to an activating group) is 1. The molecule has 1 aliphatic rings. The molecule has 1 rings (SSSR count). The second-order valence-electron chi connectivity index (χ2n) is 9.32. The summed E-state index contributed by atoms with van der Waals surface area (Å²) in [5.74, 6) is -0.368. The predicted octanol–water partition coefficient (Wildman–Crippen LogP) is 3.79. The standard InChI is InChI=1S/C12H20N2O4.C8H17N.C4H10/c1-8(2)10(5-9(3)12(17)18)14(4)11(16)6-13-7-15;1-8(2)9-6-4-3-5-7-9;1-4(2)3/h5,7-8,10H,6H2,1-4H3,(H,13,15)(H,17,18);8H,3-7H2,1-2H3;4H,1-3H3/b9-5+;;/t10-;;/m1../s1. The van der Waals surface area contributed by atoms with Crippen LogP contribution in [0.25, 0.3) is 0 Å². The molecule has 7 nitrogen and oxygen atoms in total. The first-order valence-corrected chi connectivity index (χ1v) is 11.4. The lowest BCUT2D eigenvalue weighted by Gasteiger charge is -2.29. The lowest BCUT2D eigenvalue weighted by atomic mass is 10.00. The van der Waals surface area contributed by atoms with Gasteiger partial charge in [0.1, 0.15) is 0 Å². The highest BCUT2D eigenvalue weighted by Crippen LogP contribution is 2.13. The van der Waals surface area contributed by atoms with Crippen LogP contribution in [0.1, 0.15) is 74.7 Å². The monoisotopic (exact) mass is 441 g/mol. The number of piperidine rings is 1. The summed E-state index contributed by atoms with van der Waals surface area (Å²) in [6.45, 7) is 18.9. The summed E-state index contributed by atoms with van der Waals surface area (Å²) in [4.78, 5) is 36.6. The first kappa shape index (κ1) is 31.3. The van der Waals surface area contributed by atoms with Gasteiger partial charge in [0.05, 0.1) is 12.6 Å². The van der Waals surface area contributed by atoms with Crippen molar-refractivity contribution in [3.05, 3.63) is 11.6 Å². The summed E-state index contributed by atoms with van der Waals surface area (Å²) in [6, 6.07) is 0.451. The summed E-state index contributed by atoms with van der Waals surface area (Å²) >= 11 is 0. The van der Waals surface area contributed by atoms with Gasteiger partial charge in [-0.05, 0) is 58.5 Å².